The highest BCUT2D eigenvalue weighted by molar-refractivity contribution is 7.91. The van der Waals surface area contributed by atoms with Crippen LogP contribution in [0.5, 0.6) is 0 Å². The highest BCUT2D eigenvalue weighted by atomic mass is 32.2. The summed E-state index contributed by atoms with van der Waals surface area (Å²) in [6.07, 6.45) is 10.3. The Balaban J connectivity index is 1.81. The summed E-state index contributed by atoms with van der Waals surface area (Å²) in [5.74, 6) is 1.21. The first-order chi connectivity index (χ1) is 8.57. The first kappa shape index (κ1) is 14.3. The molecule has 0 N–H and O–H groups in total. The van der Waals surface area contributed by atoms with E-state index < -0.39 is 9.84 Å². The van der Waals surface area contributed by atoms with E-state index in [1.807, 2.05) is 0 Å². The molecule has 1 unspecified atom stereocenters. The van der Waals surface area contributed by atoms with E-state index in [2.05, 4.69) is 11.9 Å². The van der Waals surface area contributed by atoms with Crippen molar-refractivity contribution in [3.63, 3.8) is 0 Å². The van der Waals surface area contributed by atoms with Crippen molar-refractivity contribution >= 4 is 9.84 Å². The standard InChI is InChI=1S/C14H27NO2S/c1-15(11-13-9-10-18(16,17)12-13)14-7-5-3-2-4-6-8-14/h13-14H,2-12H2,1H3. The van der Waals surface area contributed by atoms with Gasteiger partial charge in [0, 0.05) is 12.6 Å². The van der Waals surface area contributed by atoms with Crippen molar-refractivity contribution in [1.82, 2.24) is 4.90 Å². The molecule has 0 amide bonds. The van der Waals surface area contributed by atoms with E-state index in [9.17, 15) is 8.42 Å². The number of hydrogen-bond donors (Lipinski definition) is 0. The molecule has 18 heavy (non-hydrogen) atoms. The maximum Gasteiger partial charge on any atom is 0.150 e. The van der Waals surface area contributed by atoms with Crippen molar-refractivity contribution in [3.05, 3.63) is 0 Å². The number of rotatable bonds is 3. The lowest BCUT2D eigenvalue weighted by Crippen LogP contribution is -2.36. The zero-order valence-corrected chi connectivity index (χ0v) is 12.4. The molecule has 106 valence electrons. The van der Waals surface area contributed by atoms with E-state index in [4.69, 9.17) is 0 Å². The molecule has 1 aliphatic heterocycles. The Morgan fingerprint density at radius 2 is 1.61 bits per heavy atom. The minimum Gasteiger partial charge on any atom is -0.303 e. The molecule has 3 nitrogen and oxygen atoms in total. The summed E-state index contributed by atoms with van der Waals surface area (Å²) < 4.78 is 23.0. The van der Waals surface area contributed by atoms with E-state index in [-0.39, 0.29) is 0 Å². The average molecular weight is 273 g/mol. The predicted molar refractivity (Wildman–Crippen MR) is 75.5 cm³/mol. The minimum atomic E-state index is -2.71. The lowest BCUT2D eigenvalue weighted by Gasteiger charge is -2.31. The van der Waals surface area contributed by atoms with Crippen LogP contribution >= 0.6 is 0 Å². The van der Waals surface area contributed by atoms with Crippen LogP contribution in [0.3, 0.4) is 0 Å². The predicted octanol–water partition coefficient (Wildman–Crippen LogP) is 2.47. The molecular formula is C14H27NO2S. The Hall–Kier alpha value is -0.0900. The molecule has 2 fully saturated rings. The van der Waals surface area contributed by atoms with Gasteiger partial charge in [0.25, 0.3) is 0 Å². The Labute approximate surface area is 112 Å². The SMILES string of the molecule is CN(CC1CCS(=O)(=O)C1)C1CCCCCCC1. The summed E-state index contributed by atoms with van der Waals surface area (Å²) in [5, 5.41) is 0. The minimum absolute atomic E-state index is 0.380. The molecule has 0 bridgehead atoms. The summed E-state index contributed by atoms with van der Waals surface area (Å²) in [6.45, 7) is 0.976. The third-order valence-corrected chi connectivity index (χ3v) is 6.41. The van der Waals surface area contributed by atoms with E-state index in [0.717, 1.165) is 13.0 Å². The van der Waals surface area contributed by atoms with Crippen molar-refractivity contribution in [2.45, 2.75) is 57.4 Å². The van der Waals surface area contributed by atoms with E-state index >= 15 is 0 Å². The number of hydrogen-bond acceptors (Lipinski definition) is 3. The van der Waals surface area contributed by atoms with Crippen LogP contribution in [0, 0.1) is 5.92 Å². The molecule has 2 aliphatic rings. The van der Waals surface area contributed by atoms with Crippen LogP contribution < -0.4 is 0 Å². The molecule has 0 spiro atoms. The van der Waals surface area contributed by atoms with Crippen LogP contribution in [0.15, 0.2) is 0 Å². The fraction of sp³-hybridized carbons (Fsp3) is 1.00. The average Bonchev–Trinajstić information content (AvgIpc) is 2.57. The summed E-state index contributed by atoms with van der Waals surface area (Å²) in [6, 6.07) is 0.689. The van der Waals surface area contributed by atoms with Crippen molar-refractivity contribution in [2.24, 2.45) is 5.92 Å². The maximum absolute atomic E-state index is 11.5. The molecule has 1 aliphatic carbocycles. The van der Waals surface area contributed by atoms with E-state index in [0.29, 0.717) is 23.5 Å². The monoisotopic (exact) mass is 273 g/mol. The zero-order valence-electron chi connectivity index (χ0n) is 11.6. The van der Waals surface area contributed by atoms with Crippen molar-refractivity contribution in [3.8, 4) is 0 Å². The third-order valence-electron chi connectivity index (χ3n) is 4.57. The van der Waals surface area contributed by atoms with Gasteiger partial charge in [-0.15, -0.1) is 0 Å². The highest BCUT2D eigenvalue weighted by Gasteiger charge is 2.29. The zero-order chi connectivity index (χ0) is 13.0. The molecule has 2 rings (SSSR count). The second-order valence-corrected chi connectivity index (χ2v) is 8.44. The maximum atomic E-state index is 11.5. The van der Waals surface area contributed by atoms with Crippen molar-refractivity contribution in [1.29, 1.82) is 0 Å². The Bertz CT molecular complexity index is 345. The third kappa shape index (κ3) is 4.23. The lowest BCUT2D eigenvalue weighted by atomic mass is 9.95. The summed E-state index contributed by atoms with van der Waals surface area (Å²) >= 11 is 0. The topological polar surface area (TPSA) is 37.4 Å². The second-order valence-electron chi connectivity index (χ2n) is 6.21. The van der Waals surface area contributed by atoms with Crippen LogP contribution in [0.4, 0.5) is 0 Å². The summed E-state index contributed by atoms with van der Waals surface area (Å²) in [4.78, 5) is 2.44. The molecular weight excluding hydrogens is 246 g/mol. The number of nitrogens with zero attached hydrogens (tertiary/aromatic N) is 1. The summed E-state index contributed by atoms with van der Waals surface area (Å²) in [5.41, 5.74) is 0. The molecule has 1 atom stereocenters. The van der Waals surface area contributed by atoms with Crippen molar-refractivity contribution < 1.29 is 8.42 Å². The van der Waals surface area contributed by atoms with Gasteiger partial charge in [-0.3, -0.25) is 0 Å². The van der Waals surface area contributed by atoms with Gasteiger partial charge >= 0.3 is 0 Å². The van der Waals surface area contributed by atoms with Crippen LogP contribution in [0.1, 0.15) is 51.4 Å². The van der Waals surface area contributed by atoms with Gasteiger partial charge in [-0.1, -0.05) is 32.1 Å². The van der Waals surface area contributed by atoms with Gasteiger partial charge in [-0.2, -0.15) is 0 Å². The smallest absolute Gasteiger partial charge is 0.150 e. The Morgan fingerprint density at radius 3 is 2.17 bits per heavy atom. The van der Waals surface area contributed by atoms with Crippen LogP contribution in [0.2, 0.25) is 0 Å². The van der Waals surface area contributed by atoms with Gasteiger partial charge in [-0.25, -0.2) is 8.42 Å². The molecule has 4 heteroatoms. The van der Waals surface area contributed by atoms with E-state index in [1.54, 1.807) is 0 Å². The molecule has 0 aromatic carbocycles. The van der Waals surface area contributed by atoms with Gasteiger partial charge in [0.05, 0.1) is 11.5 Å². The first-order valence-corrected chi connectivity index (χ1v) is 9.29. The van der Waals surface area contributed by atoms with Gasteiger partial charge in [-0.05, 0) is 32.2 Å². The fourth-order valence-electron chi connectivity index (χ4n) is 3.45. The largest absolute Gasteiger partial charge is 0.303 e. The normalized spacial score (nSPS) is 30.2. The van der Waals surface area contributed by atoms with Gasteiger partial charge in [0.1, 0.15) is 0 Å². The molecule has 1 saturated carbocycles. The molecule has 0 aromatic rings. The Kier molecular flexibility index (Phi) is 5.07. The highest BCUT2D eigenvalue weighted by Crippen LogP contribution is 2.24. The summed E-state index contributed by atoms with van der Waals surface area (Å²) in [7, 11) is -0.520. The van der Waals surface area contributed by atoms with Crippen LogP contribution in [-0.2, 0) is 9.84 Å². The van der Waals surface area contributed by atoms with Gasteiger partial charge < -0.3 is 4.90 Å². The molecule has 1 heterocycles. The quantitative estimate of drug-likeness (QED) is 0.793. The second kappa shape index (κ2) is 6.38. The molecule has 0 aromatic heterocycles. The van der Waals surface area contributed by atoms with Crippen LogP contribution in [0.25, 0.3) is 0 Å². The lowest BCUT2D eigenvalue weighted by molar-refractivity contribution is 0.181. The number of sulfone groups is 1. The fourth-order valence-corrected chi connectivity index (χ4v) is 5.30. The first-order valence-electron chi connectivity index (χ1n) is 7.47. The molecule has 1 saturated heterocycles. The molecule has 0 radical (unpaired) electrons. The van der Waals surface area contributed by atoms with Gasteiger partial charge in [0.15, 0.2) is 9.84 Å². The van der Waals surface area contributed by atoms with Gasteiger partial charge in [0.2, 0.25) is 0 Å². The van der Waals surface area contributed by atoms with Crippen LogP contribution in [-0.4, -0.2) is 44.5 Å². The van der Waals surface area contributed by atoms with E-state index in [1.165, 1.54) is 44.9 Å². The Morgan fingerprint density at radius 1 is 1.00 bits per heavy atom. The van der Waals surface area contributed by atoms with Crippen molar-refractivity contribution in [2.75, 3.05) is 25.1 Å².